The number of halogens is 1. The summed E-state index contributed by atoms with van der Waals surface area (Å²) in [6.07, 6.45) is 0.827. The summed E-state index contributed by atoms with van der Waals surface area (Å²) in [4.78, 5) is 11.8. The second-order valence-corrected chi connectivity index (χ2v) is 6.42. The van der Waals surface area contributed by atoms with Gasteiger partial charge in [-0.2, -0.15) is 0 Å². The number of benzene rings is 1. The fraction of sp³-hybridized carbons (Fsp3) is 0.533. The Morgan fingerprint density at radius 1 is 1.45 bits per heavy atom. The van der Waals surface area contributed by atoms with Crippen LogP contribution in [-0.2, 0) is 4.79 Å². The van der Waals surface area contributed by atoms with Crippen LogP contribution in [0.5, 0.6) is 5.75 Å². The van der Waals surface area contributed by atoms with Crippen molar-refractivity contribution >= 4 is 21.8 Å². The van der Waals surface area contributed by atoms with Crippen LogP contribution in [0.15, 0.2) is 22.7 Å². The molecule has 0 spiro atoms. The Balaban J connectivity index is 2.83. The van der Waals surface area contributed by atoms with E-state index in [2.05, 4.69) is 26.6 Å². The smallest absolute Gasteiger partial charge is 0.226 e. The Hall–Kier alpha value is -1.07. The minimum Gasteiger partial charge on any atom is -0.508 e. The molecule has 0 aliphatic heterocycles. The van der Waals surface area contributed by atoms with Crippen LogP contribution in [0.3, 0.4) is 0 Å². The first kappa shape index (κ1) is 17.0. The Kier molecular flexibility index (Phi) is 6.02. The molecule has 1 rings (SSSR count). The third kappa shape index (κ3) is 4.21. The zero-order valence-corrected chi connectivity index (χ0v) is 14.0. The van der Waals surface area contributed by atoms with E-state index in [-0.39, 0.29) is 17.7 Å². The molecule has 1 aromatic carbocycles. The Labute approximate surface area is 129 Å². The van der Waals surface area contributed by atoms with E-state index in [4.69, 9.17) is 0 Å². The number of hydrogen-bond acceptors (Lipinski definition) is 3. The molecule has 0 saturated carbocycles. The highest BCUT2D eigenvalue weighted by molar-refractivity contribution is 9.10. The maximum absolute atomic E-state index is 11.8. The van der Waals surface area contributed by atoms with Gasteiger partial charge < -0.3 is 15.7 Å². The van der Waals surface area contributed by atoms with E-state index in [1.807, 2.05) is 26.8 Å². The van der Waals surface area contributed by atoms with Crippen molar-refractivity contribution < 1.29 is 9.90 Å². The molecule has 0 aromatic heterocycles. The van der Waals surface area contributed by atoms with Crippen LogP contribution in [0.25, 0.3) is 0 Å². The van der Waals surface area contributed by atoms with Crippen LogP contribution < -0.4 is 10.6 Å². The number of phenols is 1. The van der Waals surface area contributed by atoms with E-state index < -0.39 is 5.41 Å². The van der Waals surface area contributed by atoms with Crippen LogP contribution in [0.2, 0.25) is 0 Å². The lowest BCUT2D eigenvalue weighted by Crippen LogP contribution is -2.43. The highest BCUT2D eigenvalue weighted by Gasteiger charge is 2.27. The zero-order chi connectivity index (χ0) is 15.3. The highest BCUT2D eigenvalue weighted by atomic mass is 79.9. The van der Waals surface area contributed by atoms with Gasteiger partial charge in [-0.15, -0.1) is 0 Å². The summed E-state index contributed by atoms with van der Waals surface area (Å²) in [5, 5.41) is 16.0. The molecule has 112 valence electrons. The number of phenolic OH excluding ortho intramolecular Hbond substituents is 1. The molecule has 0 heterocycles. The van der Waals surface area contributed by atoms with E-state index in [1.165, 1.54) is 0 Å². The fourth-order valence-corrected chi connectivity index (χ4v) is 2.45. The van der Waals surface area contributed by atoms with E-state index in [0.29, 0.717) is 6.54 Å². The molecule has 4 nitrogen and oxygen atoms in total. The fourth-order valence-electron chi connectivity index (χ4n) is 2.08. The second kappa shape index (κ2) is 7.09. The van der Waals surface area contributed by atoms with Gasteiger partial charge in [0.15, 0.2) is 0 Å². The Morgan fingerprint density at radius 2 is 2.10 bits per heavy atom. The number of carbonyl (C=O) groups is 1. The maximum Gasteiger partial charge on any atom is 0.226 e. The van der Waals surface area contributed by atoms with Crippen molar-refractivity contribution in [3.63, 3.8) is 0 Å². The molecule has 0 fully saturated rings. The quantitative estimate of drug-likeness (QED) is 0.744. The predicted octanol–water partition coefficient (Wildman–Crippen LogP) is 2.97. The molecule has 0 aliphatic carbocycles. The minimum atomic E-state index is -0.496. The largest absolute Gasteiger partial charge is 0.508 e. The summed E-state index contributed by atoms with van der Waals surface area (Å²) in [6, 6.07) is 5.40. The van der Waals surface area contributed by atoms with Gasteiger partial charge in [0.2, 0.25) is 5.91 Å². The maximum atomic E-state index is 11.8. The topological polar surface area (TPSA) is 61.4 Å². The van der Waals surface area contributed by atoms with Crippen LogP contribution in [-0.4, -0.2) is 24.6 Å². The van der Waals surface area contributed by atoms with Gasteiger partial charge in [0.1, 0.15) is 5.75 Å². The molecule has 1 unspecified atom stereocenters. The van der Waals surface area contributed by atoms with Crippen molar-refractivity contribution in [2.24, 2.45) is 5.41 Å². The summed E-state index contributed by atoms with van der Waals surface area (Å²) in [7, 11) is 1.64. The minimum absolute atomic E-state index is 0.00156. The average Bonchev–Trinajstić information content (AvgIpc) is 2.42. The molecule has 0 bridgehead atoms. The van der Waals surface area contributed by atoms with Crippen molar-refractivity contribution in [2.75, 3.05) is 13.6 Å². The third-order valence-electron chi connectivity index (χ3n) is 3.41. The van der Waals surface area contributed by atoms with Gasteiger partial charge in [-0.3, -0.25) is 4.79 Å². The predicted molar refractivity (Wildman–Crippen MR) is 84.7 cm³/mol. The number of amides is 1. The molecule has 1 atom stereocenters. The van der Waals surface area contributed by atoms with Gasteiger partial charge in [0, 0.05) is 29.7 Å². The van der Waals surface area contributed by atoms with Crippen LogP contribution in [0.4, 0.5) is 0 Å². The monoisotopic (exact) mass is 342 g/mol. The summed E-state index contributed by atoms with van der Waals surface area (Å²) >= 11 is 3.42. The average molecular weight is 343 g/mol. The number of aromatic hydroxyl groups is 1. The molecule has 0 aliphatic rings. The molecule has 3 N–H and O–H groups in total. The van der Waals surface area contributed by atoms with Gasteiger partial charge in [-0.05, 0) is 38.5 Å². The number of carbonyl (C=O) groups excluding carboxylic acids is 1. The van der Waals surface area contributed by atoms with E-state index in [1.54, 1.807) is 19.2 Å². The van der Waals surface area contributed by atoms with E-state index in [0.717, 1.165) is 16.5 Å². The van der Waals surface area contributed by atoms with E-state index >= 15 is 0 Å². The van der Waals surface area contributed by atoms with Gasteiger partial charge in [0.05, 0.1) is 5.41 Å². The van der Waals surface area contributed by atoms with Crippen molar-refractivity contribution in [2.45, 2.75) is 33.2 Å². The van der Waals surface area contributed by atoms with Gasteiger partial charge in [0.25, 0.3) is 0 Å². The van der Waals surface area contributed by atoms with Crippen molar-refractivity contribution in [1.29, 1.82) is 0 Å². The molecule has 20 heavy (non-hydrogen) atoms. The first-order valence-electron chi connectivity index (χ1n) is 6.75. The summed E-state index contributed by atoms with van der Waals surface area (Å²) in [5.74, 6) is 0.267. The molecule has 5 heteroatoms. The molecule has 0 saturated heterocycles. The van der Waals surface area contributed by atoms with Gasteiger partial charge in [-0.1, -0.05) is 22.9 Å². The SMILES string of the molecule is CCC(NCC(C)(C)C(=O)NC)c1cc(Br)ccc1O. The summed E-state index contributed by atoms with van der Waals surface area (Å²) in [5.41, 5.74) is 0.346. The third-order valence-corrected chi connectivity index (χ3v) is 3.90. The molecule has 1 aromatic rings. The molecular weight excluding hydrogens is 320 g/mol. The van der Waals surface area contributed by atoms with Crippen LogP contribution >= 0.6 is 15.9 Å². The second-order valence-electron chi connectivity index (χ2n) is 5.51. The van der Waals surface area contributed by atoms with Gasteiger partial charge in [-0.25, -0.2) is 0 Å². The number of rotatable bonds is 6. The molecule has 1 amide bonds. The highest BCUT2D eigenvalue weighted by Crippen LogP contribution is 2.30. The first-order chi connectivity index (χ1) is 9.31. The standard InChI is InChI=1S/C15H23BrN2O2/c1-5-12(11-8-10(16)6-7-13(11)19)18-9-15(2,3)14(20)17-4/h6-8,12,18-19H,5,9H2,1-4H3,(H,17,20). The molecular formula is C15H23BrN2O2. The summed E-state index contributed by atoms with van der Waals surface area (Å²) < 4.78 is 0.927. The number of nitrogens with one attached hydrogen (secondary N) is 2. The Bertz CT molecular complexity index is 475. The lowest BCUT2D eigenvalue weighted by atomic mass is 9.91. The van der Waals surface area contributed by atoms with Gasteiger partial charge >= 0.3 is 0 Å². The van der Waals surface area contributed by atoms with Crippen LogP contribution in [0.1, 0.15) is 38.8 Å². The lowest BCUT2D eigenvalue weighted by Gasteiger charge is -2.27. The summed E-state index contributed by atoms with van der Waals surface area (Å²) in [6.45, 7) is 6.38. The zero-order valence-electron chi connectivity index (χ0n) is 12.5. The van der Waals surface area contributed by atoms with E-state index in [9.17, 15) is 9.90 Å². The molecule has 0 radical (unpaired) electrons. The Morgan fingerprint density at radius 3 is 2.65 bits per heavy atom. The van der Waals surface area contributed by atoms with Crippen molar-refractivity contribution in [3.05, 3.63) is 28.2 Å². The van der Waals surface area contributed by atoms with Crippen molar-refractivity contribution in [3.8, 4) is 5.75 Å². The number of hydrogen-bond donors (Lipinski definition) is 3. The normalized spacial score (nSPS) is 13.1. The van der Waals surface area contributed by atoms with Crippen molar-refractivity contribution in [1.82, 2.24) is 10.6 Å². The lowest BCUT2D eigenvalue weighted by molar-refractivity contribution is -0.128. The first-order valence-corrected chi connectivity index (χ1v) is 7.55. The van der Waals surface area contributed by atoms with Crippen LogP contribution in [0, 0.1) is 5.41 Å².